The highest BCUT2D eigenvalue weighted by molar-refractivity contribution is 6.51. The van der Waals surface area contributed by atoms with Gasteiger partial charge in [0.1, 0.15) is 17.6 Å². The number of aliphatic hydroxyl groups excluding tert-OH is 1. The first-order valence-electron chi connectivity index (χ1n) is 11.6. The number of imidazole rings is 1. The number of amides is 1. The second-order valence-electron chi connectivity index (χ2n) is 9.67. The fourth-order valence-corrected chi connectivity index (χ4v) is 4.43. The van der Waals surface area contributed by atoms with Crippen LogP contribution in [0, 0.1) is 0 Å². The first-order valence-corrected chi connectivity index (χ1v) is 11.6. The summed E-state index contributed by atoms with van der Waals surface area (Å²) in [5.74, 6) is -1.38. The van der Waals surface area contributed by atoms with Crippen LogP contribution in [0.1, 0.15) is 43.6 Å². The summed E-state index contributed by atoms with van der Waals surface area (Å²) in [7, 11) is 1.49. The van der Waals surface area contributed by atoms with E-state index in [9.17, 15) is 14.7 Å². The Hall–Kier alpha value is -4.46. The molecule has 2 aromatic heterocycles. The fourth-order valence-electron chi connectivity index (χ4n) is 4.43. The number of para-hydroxylation sites is 2. The average Bonchev–Trinajstić information content (AvgIpc) is 3.41. The number of pyridine rings is 1. The number of hydrogen-bond donors (Lipinski definition) is 2. The maximum absolute atomic E-state index is 13.5. The highest BCUT2D eigenvalue weighted by Gasteiger charge is 2.49. The summed E-state index contributed by atoms with van der Waals surface area (Å²) in [6.07, 6.45) is 1.58. The minimum Gasteiger partial charge on any atom is -0.507 e. The number of methoxy groups -OCH3 is 1. The summed E-state index contributed by atoms with van der Waals surface area (Å²) in [5.41, 5.74) is 2.75. The van der Waals surface area contributed by atoms with Crippen molar-refractivity contribution in [1.82, 2.24) is 15.0 Å². The smallest absolute Gasteiger partial charge is 0.302 e. The number of aromatic amines is 1. The lowest BCUT2D eigenvalue weighted by Crippen LogP contribution is -2.30. The molecule has 3 heterocycles. The molecule has 0 aliphatic carbocycles. The van der Waals surface area contributed by atoms with Crippen molar-refractivity contribution in [3.05, 3.63) is 89.3 Å². The van der Waals surface area contributed by atoms with Gasteiger partial charge >= 0.3 is 5.91 Å². The quantitative estimate of drug-likeness (QED) is 0.244. The van der Waals surface area contributed by atoms with Crippen LogP contribution in [0.2, 0.25) is 0 Å². The number of aliphatic hydroxyl groups is 1. The van der Waals surface area contributed by atoms with Crippen molar-refractivity contribution < 1.29 is 19.4 Å². The molecular formula is C28H26N4O4. The summed E-state index contributed by atoms with van der Waals surface area (Å²) in [4.78, 5) is 40.2. The van der Waals surface area contributed by atoms with Crippen LogP contribution in [0.15, 0.2) is 72.4 Å². The number of aromatic nitrogens is 3. The van der Waals surface area contributed by atoms with Crippen LogP contribution < -0.4 is 9.64 Å². The average molecular weight is 483 g/mol. The molecule has 1 saturated heterocycles. The third kappa shape index (κ3) is 3.80. The van der Waals surface area contributed by atoms with Crippen molar-refractivity contribution in [3.8, 4) is 5.75 Å². The van der Waals surface area contributed by atoms with E-state index in [-0.39, 0.29) is 22.7 Å². The maximum Gasteiger partial charge on any atom is 0.302 e. The van der Waals surface area contributed by atoms with Crippen molar-refractivity contribution in [2.75, 3.05) is 12.0 Å². The van der Waals surface area contributed by atoms with E-state index < -0.39 is 17.7 Å². The van der Waals surface area contributed by atoms with E-state index in [1.807, 2.05) is 51.1 Å². The van der Waals surface area contributed by atoms with Gasteiger partial charge in [-0.3, -0.25) is 19.5 Å². The molecule has 0 spiro atoms. The van der Waals surface area contributed by atoms with Gasteiger partial charge in [-0.2, -0.15) is 0 Å². The predicted octanol–water partition coefficient (Wildman–Crippen LogP) is 4.89. The van der Waals surface area contributed by atoms with Crippen LogP contribution in [-0.2, 0) is 15.0 Å². The molecule has 1 aliphatic heterocycles. The maximum atomic E-state index is 13.5. The Balaban J connectivity index is 1.75. The second-order valence-corrected chi connectivity index (χ2v) is 9.67. The number of rotatable bonds is 4. The number of anilines is 1. The van der Waals surface area contributed by atoms with Crippen LogP contribution >= 0.6 is 0 Å². The monoisotopic (exact) mass is 482 g/mol. The molecule has 8 heteroatoms. The summed E-state index contributed by atoms with van der Waals surface area (Å²) >= 11 is 0. The number of fused-ring (bicyclic) bond motifs is 1. The van der Waals surface area contributed by atoms with Crippen LogP contribution in [0.25, 0.3) is 16.8 Å². The highest BCUT2D eigenvalue weighted by Crippen LogP contribution is 2.43. The zero-order valence-corrected chi connectivity index (χ0v) is 20.4. The summed E-state index contributed by atoms with van der Waals surface area (Å²) < 4.78 is 5.51. The molecule has 1 atom stereocenters. The number of hydrogen-bond acceptors (Lipinski definition) is 6. The molecule has 1 amide bonds. The van der Waals surface area contributed by atoms with Gasteiger partial charge in [0.2, 0.25) is 5.95 Å². The molecule has 0 radical (unpaired) electrons. The van der Waals surface area contributed by atoms with Crippen molar-refractivity contribution >= 4 is 34.4 Å². The lowest BCUT2D eigenvalue weighted by atomic mass is 9.85. The number of carbonyl (C=O) groups is 2. The van der Waals surface area contributed by atoms with Crippen LogP contribution in [0.4, 0.5) is 5.95 Å². The zero-order chi connectivity index (χ0) is 25.6. The first-order chi connectivity index (χ1) is 17.2. The van der Waals surface area contributed by atoms with E-state index in [0.717, 1.165) is 5.56 Å². The Morgan fingerprint density at radius 2 is 1.81 bits per heavy atom. The van der Waals surface area contributed by atoms with Gasteiger partial charge in [0.15, 0.2) is 0 Å². The Bertz CT molecular complexity index is 1480. The van der Waals surface area contributed by atoms with E-state index in [4.69, 9.17) is 4.74 Å². The molecule has 1 unspecified atom stereocenters. The molecular weight excluding hydrogens is 456 g/mol. The van der Waals surface area contributed by atoms with Gasteiger partial charge in [-0.05, 0) is 47.4 Å². The number of nitrogens with one attached hydrogen (secondary N) is 1. The lowest BCUT2D eigenvalue weighted by Gasteiger charge is -2.23. The largest absolute Gasteiger partial charge is 0.507 e. The van der Waals surface area contributed by atoms with Gasteiger partial charge < -0.3 is 14.8 Å². The van der Waals surface area contributed by atoms with Crippen molar-refractivity contribution in [1.29, 1.82) is 0 Å². The Labute approximate surface area is 208 Å². The van der Waals surface area contributed by atoms with E-state index in [0.29, 0.717) is 28.0 Å². The highest BCUT2D eigenvalue weighted by atomic mass is 16.5. The molecule has 0 saturated carbocycles. The number of H-pyrrole nitrogens is 1. The molecule has 0 bridgehead atoms. The van der Waals surface area contributed by atoms with Gasteiger partial charge in [0, 0.05) is 6.20 Å². The van der Waals surface area contributed by atoms with E-state index in [1.54, 1.807) is 36.5 Å². The van der Waals surface area contributed by atoms with Gasteiger partial charge in [-0.1, -0.05) is 45.0 Å². The van der Waals surface area contributed by atoms with Crippen molar-refractivity contribution in [2.24, 2.45) is 0 Å². The number of ether oxygens (including phenoxy) is 1. The third-order valence-corrected chi connectivity index (χ3v) is 6.34. The first kappa shape index (κ1) is 23.3. The summed E-state index contributed by atoms with van der Waals surface area (Å²) in [6.45, 7) is 6.15. The fraction of sp³-hybridized carbons (Fsp3) is 0.214. The number of carbonyl (C=O) groups excluding carboxylic acids is 2. The SMILES string of the molecule is COc1ccc(C(C)(C)C)cc1/C(O)=C1\C(=O)C(=O)N(c2nc3ccccc3[nH]2)C1c1ccccn1. The lowest BCUT2D eigenvalue weighted by molar-refractivity contribution is -0.132. The summed E-state index contributed by atoms with van der Waals surface area (Å²) in [5, 5.41) is 11.6. The predicted molar refractivity (Wildman–Crippen MR) is 137 cm³/mol. The van der Waals surface area contributed by atoms with Gasteiger partial charge in [0.25, 0.3) is 5.78 Å². The molecule has 182 valence electrons. The molecule has 5 rings (SSSR count). The van der Waals surface area contributed by atoms with Gasteiger partial charge in [-0.15, -0.1) is 0 Å². The normalized spacial score (nSPS) is 17.7. The van der Waals surface area contributed by atoms with E-state index in [2.05, 4.69) is 15.0 Å². The molecule has 2 aromatic carbocycles. The summed E-state index contributed by atoms with van der Waals surface area (Å²) in [6, 6.07) is 17.0. The number of benzene rings is 2. The third-order valence-electron chi connectivity index (χ3n) is 6.34. The number of ketones is 1. The molecule has 1 fully saturated rings. The Kier molecular flexibility index (Phi) is 5.59. The molecule has 8 nitrogen and oxygen atoms in total. The van der Waals surface area contributed by atoms with Gasteiger partial charge in [-0.25, -0.2) is 4.98 Å². The molecule has 36 heavy (non-hydrogen) atoms. The zero-order valence-electron chi connectivity index (χ0n) is 20.4. The standard InChI is InChI=1S/C28H26N4O4/c1-28(2,3)16-12-13-21(36-4)17(15-16)24(33)22-23(20-11-7-8-14-29-20)32(26(35)25(22)34)27-30-18-9-5-6-10-19(18)31-27/h5-15,23,33H,1-4H3,(H,30,31)/b24-22+. The minimum atomic E-state index is -0.991. The van der Waals surface area contributed by atoms with Crippen molar-refractivity contribution in [3.63, 3.8) is 0 Å². The van der Waals surface area contributed by atoms with Crippen LogP contribution in [-0.4, -0.2) is 38.9 Å². The Morgan fingerprint density at radius 1 is 1.06 bits per heavy atom. The van der Waals surface area contributed by atoms with E-state index >= 15 is 0 Å². The molecule has 1 aliphatic rings. The van der Waals surface area contributed by atoms with Crippen LogP contribution in [0.3, 0.4) is 0 Å². The number of nitrogens with zero attached hydrogens (tertiary/aromatic N) is 3. The topological polar surface area (TPSA) is 108 Å². The van der Waals surface area contributed by atoms with Crippen molar-refractivity contribution in [2.45, 2.75) is 32.2 Å². The van der Waals surface area contributed by atoms with Gasteiger partial charge in [0.05, 0.1) is 35.0 Å². The second kappa shape index (κ2) is 8.64. The van der Waals surface area contributed by atoms with Crippen LogP contribution in [0.5, 0.6) is 5.75 Å². The Morgan fingerprint density at radius 3 is 2.47 bits per heavy atom. The van der Waals surface area contributed by atoms with E-state index in [1.165, 1.54) is 12.0 Å². The molecule has 2 N–H and O–H groups in total. The molecule has 4 aromatic rings. The number of Topliss-reactive ketones (excluding diaryl/α,β-unsaturated/α-hetero) is 1. The minimum absolute atomic E-state index is 0.0801.